The molecular weight excluding hydrogens is 312 g/mol. The van der Waals surface area contributed by atoms with E-state index in [1.165, 1.54) is 6.07 Å². The first kappa shape index (κ1) is 17.8. The van der Waals surface area contributed by atoms with E-state index >= 15 is 0 Å². The fraction of sp³-hybridized carbons (Fsp3) is 0.500. The van der Waals surface area contributed by atoms with Gasteiger partial charge in [-0.3, -0.25) is 9.10 Å². The Morgan fingerprint density at radius 1 is 1.33 bits per heavy atom. The van der Waals surface area contributed by atoms with Gasteiger partial charge in [-0.1, -0.05) is 31.5 Å². The fourth-order valence-corrected chi connectivity index (χ4v) is 3.23. The topological polar surface area (TPSA) is 66.5 Å². The highest BCUT2D eigenvalue weighted by molar-refractivity contribution is 7.92. The van der Waals surface area contributed by atoms with Crippen molar-refractivity contribution in [1.29, 1.82) is 0 Å². The molecule has 1 atom stereocenters. The maximum Gasteiger partial charge on any atom is 0.243 e. The molecule has 0 radical (unpaired) electrons. The van der Waals surface area contributed by atoms with Gasteiger partial charge in [0.15, 0.2) is 0 Å². The summed E-state index contributed by atoms with van der Waals surface area (Å²) in [4.78, 5) is 12.1. The Bertz CT molecular complexity index is 602. The standard InChI is InChI=1S/C14H21ClN2O3S/c1-10(2)9-16-14(18)11(3)17(21(4,19)20)13-7-5-6-12(15)8-13/h5-8,10-11H,9H2,1-4H3,(H,16,18)/t11-/m0/s1. The number of rotatable bonds is 6. The molecule has 21 heavy (non-hydrogen) atoms. The van der Waals surface area contributed by atoms with Gasteiger partial charge in [-0.05, 0) is 31.0 Å². The first-order valence-corrected chi connectivity index (χ1v) is 8.88. The molecule has 0 aliphatic heterocycles. The van der Waals surface area contributed by atoms with E-state index in [2.05, 4.69) is 5.32 Å². The van der Waals surface area contributed by atoms with Crippen LogP contribution in [-0.4, -0.2) is 33.2 Å². The number of benzene rings is 1. The number of hydrogen-bond donors (Lipinski definition) is 1. The van der Waals surface area contributed by atoms with Crippen LogP contribution >= 0.6 is 11.6 Å². The van der Waals surface area contributed by atoms with Crippen LogP contribution in [0.15, 0.2) is 24.3 Å². The molecule has 0 saturated heterocycles. The lowest BCUT2D eigenvalue weighted by atomic mass is 10.2. The molecule has 1 aromatic rings. The molecule has 118 valence electrons. The van der Waals surface area contributed by atoms with E-state index in [4.69, 9.17) is 11.6 Å². The van der Waals surface area contributed by atoms with Gasteiger partial charge in [-0.2, -0.15) is 0 Å². The quantitative estimate of drug-likeness (QED) is 0.869. The minimum atomic E-state index is -3.60. The molecule has 0 spiro atoms. The summed E-state index contributed by atoms with van der Waals surface area (Å²) in [5, 5.41) is 3.15. The average Bonchev–Trinajstić information content (AvgIpc) is 2.34. The number of carbonyl (C=O) groups is 1. The minimum absolute atomic E-state index is 0.291. The van der Waals surface area contributed by atoms with E-state index in [0.29, 0.717) is 23.2 Å². The van der Waals surface area contributed by atoms with Crippen molar-refractivity contribution in [2.75, 3.05) is 17.1 Å². The molecule has 0 aromatic heterocycles. The molecule has 0 unspecified atom stereocenters. The zero-order chi connectivity index (χ0) is 16.2. The van der Waals surface area contributed by atoms with E-state index < -0.39 is 16.1 Å². The Morgan fingerprint density at radius 2 is 1.95 bits per heavy atom. The van der Waals surface area contributed by atoms with Gasteiger partial charge < -0.3 is 5.32 Å². The molecule has 1 amide bonds. The number of carbonyl (C=O) groups excluding carboxylic acids is 1. The number of hydrogen-bond acceptors (Lipinski definition) is 3. The lowest BCUT2D eigenvalue weighted by Gasteiger charge is -2.28. The van der Waals surface area contributed by atoms with Crippen molar-refractivity contribution in [2.45, 2.75) is 26.8 Å². The largest absolute Gasteiger partial charge is 0.354 e. The lowest BCUT2D eigenvalue weighted by molar-refractivity contribution is -0.121. The molecule has 0 saturated carbocycles. The number of nitrogens with one attached hydrogen (secondary N) is 1. The zero-order valence-electron chi connectivity index (χ0n) is 12.6. The van der Waals surface area contributed by atoms with Crippen molar-refractivity contribution in [2.24, 2.45) is 5.92 Å². The first-order valence-electron chi connectivity index (χ1n) is 6.65. The third kappa shape index (κ3) is 5.21. The second-order valence-corrected chi connectivity index (χ2v) is 7.65. The zero-order valence-corrected chi connectivity index (χ0v) is 14.2. The Morgan fingerprint density at radius 3 is 2.43 bits per heavy atom. The van der Waals surface area contributed by atoms with Gasteiger partial charge in [0.05, 0.1) is 11.9 Å². The Labute approximate surface area is 131 Å². The second-order valence-electron chi connectivity index (χ2n) is 5.35. The molecule has 7 heteroatoms. The normalized spacial score (nSPS) is 13.0. The van der Waals surface area contributed by atoms with Gasteiger partial charge in [-0.15, -0.1) is 0 Å². The third-order valence-electron chi connectivity index (χ3n) is 2.84. The molecule has 0 aliphatic rings. The van der Waals surface area contributed by atoms with Crippen LogP contribution in [0.1, 0.15) is 20.8 Å². The van der Waals surface area contributed by atoms with Crippen molar-refractivity contribution < 1.29 is 13.2 Å². The maximum absolute atomic E-state index is 12.1. The van der Waals surface area contributed by atoms with Crippen molar-refractivity contribution in [3.05, 3.63) is 29.3 Å². The van der Waals surface area contributed by atoms with E-state index in [9.17, 15) is 13.2 Å². The summed E-state index contributed by atoms with van der Waals surface area (Å²) < 4.78 is 25.1. The van der Waals surface area contributed by atoms with E-state index in [1.54, 1.807) is 25.1 Å². The second kappa shape index (κ2) is 7.13. The van der Waals surface area contributed by atoms with Crippen LogP contribution in [0.3, 0.4) is 0 Å². The molecule has 5 nitrogen and oxygen atoms in total. The number of anilines is 1. The predicted molar refractivity (Wildman–Crippen MR) is 86.1 cm³/mol. The van der Waals surface area contributed by atoms with Gasteiger partial charge in [0.1, 0.15) is 6.04 Å². The Kier molecular flexibility index (Phi) is 6.04. The highest BCUT2D eigenvalue weighted by atomic mass is 35.5. The van der Waals surface area contributed by atoms with Gasteiger partial charge in [0.25, 0.3) is 0 Å². The molecule has 0 heterocycles. The fourth-order valence-electron chi connectivity index (χ4n) is 1.87. The minimum Gasteiger partial charge on any atom is -0.354 e. The molecule has 1 rings (SSSR count). The molecular formula is C14H21ClN2O3S. The first-order chi connectivity index (χ1) is 9.62. The van der Waals surface area contributed by atoms with Crippen molar-refractivity contribution in [1.82, 2.24) is 5.32 Å². The van der Waals surface area contributed by atoms with Gasteiger partial charge in [-0.25, -0.2) is 8.42 Å². The van der Waals surface area contributed by atoms with Gasteiger partial charge >= 0.3 is 0 Å². The highest BCUT2D eigenvalue weighted by Crippen LogP contribution is 2.24. The summed E-state index contributed by atoms with van der Waals surface area (Å²) in [5.41, 5.74) is 0.372. The summed E-state index contributed by atoms with van der Waals surface area (Å²) in [6, 6.07) is 5.58. The maximum atomic E-state index is 12.1. The SMILES string of the molecule is CC(C)CNC(=O)[C@H](C)N(c1cccc(Cl)c1)S(C)(=O)=O. The molecule has 1 N–H and O–H groups in total. The summed E-state index contributed by atoms with van der Waals surface area (Å²) in [6.45, 7) is 5.99. The highest BCUT2D eigenvalue weighted by Gasteiger charge is 2.29. The van der Waals surface area contributed by atoms with Gasteiger partial charge in [0, 0.05) is 11.6 Å². The monoisotopic (exact) mass is 332 g/mol. The van der Waals surface area contributed by atoms with E-state index in [-0.39, 0.29) is 5.91 Å². The number of nitrogens with zero attached hydrogens (tertiary/aromatic N) is 1. The van der Waals surface area contributed by atoms with Crippen LogP contribution in [0.5, 0.6) is 0 Å². The smallest absolute Gasteiger partial charge is 0.243 e. The average molecular weight is 333 g/mol. The van der Waals surface area contributed by atoms with Crippen LogP contribution in [-0.2, 0) is 14.8 Å². The lowest BCUT2D eigenvalue weighted by Crippen LogP contribution is -2.48. The molecule has 1 aromatic carbocycles. The van der Waals surface area contributed by atoms with Crippen LogP contribution in [0.25, 0.3) is 0 Å². The number of amides is 1. The molecule has 0 bridgehead atoms. The summed E-state index contributed by atoms with van der Waals surface area (Å²) in [5.74, 6) is -0.0481. The Hall–Kier alpha value is -1.27. The summed E-state index contributed by atoms with van der Waals surface area (Å²) in [7, 11) is -3.60. The van der Waals surface area contributed by atoms with Crippen molar-refractivity contribution in [3.63, 3.8) is 0 Å². The van der Waals surface area contributed by atoms with Crippen LogP contribution in [0.4, 0.5) is 5.69 Å². The Balaban J connectivity index is 3.07. The molecule has 0 aliphatic carbocycles. The van der Waals surface area contributed by atoms with Crippen LogP contribution < -0.4 is 9.62 Å². The van der Waals surface area contributed by atoms with Gasteiger partial charge in [0.2, 0.25) is 15.9 Å². The van der Waals surface area contributed by atoms with E-state index in [0.717, 1.165) is 10.6 Å². The van der Waals surface area contributed by atoms with E-state index in [1.807, 2.05) is 13.8 Å². The summed E-state index contributed by atoms with van der Waals surface area (Å²) in [6.07, 6.45) is 1.07. The van der Waals surface area contributed by atoms with Crippen LogP contribution in [0.2, 0.25) is 5.02 Å². The number of sulfonamides is 1. The predicted octanol–water partition coefficient (Wildman–Crippen LogP) is 2.27. The number of halogens is 1. The van der Waals surface area contributed by atoms with Crippen molar-refractivity contribution in [3.8, 4) is 0 Å². The van der Waals surface area contributed by atoms with Crippen molar-refractivity contribution >= 4 is 33.2 Å². The third-order valence-corrected chi connectivity index (χ3v) is 4.31. The molecule has 0 fully saturated rings. The van der Waals surface area contributed by atoms with Crippen LogP contribution in [0, 0.1) is 5.92 Å². The summed E-state index contributed by atoms with van der Waals surface area (Å²) >= 11 is 5.90.